The predicted molar refractivity (Wildman–Crippen MR) is 110 cm³/mol. The molecule has 0 aliphatic rings. The number of rotatable bonds is 6. The number of nitriles is 2. The Labute approximate surface area is 178 Å². The van der Waals surface area contributed by atoms with Crippen molar-refractivity contribution in [1.29, 1.82) is 10.5 Å². The first-order valence-electron chi connectivity index (χ1n) is 9.53. The standard InChI is InChI=1S/C23H19FN4O3/c1-3-16-4-5-18(19(12-29)20-6-13(2)23(30)28-27-20)21(24)22(16)31-17-8-14(10-25)7-15(9-17)11-26/h4-9,19,29H,3,12H2,1-2H3,(H,28,30). The van der Waals surface area contributed by atoms with E-state index in [-0.39, 0.29) is 33.7 Å². The average Bonchev–Trinajstić information content (AvgIpc) is 2.78. The molecule has 0 aliphatic heterocycles. The van der Waals surface area contributed by atoms with E-state index in [1.807, 2.05) is 19.1 Å². The summed E-state index contributed by atoms with van der Waals surface area (Å²) in [5, 5.41) is 34.6. The molecule has 0 fully saturated rings. The van der Waals surface area contributed by atoms with Gasteiger partial charge in [0.05, 0.1) is 41.5 Å². The molecule has 0 saturated carbocycles. The van der Waals surface area contributed by atoms with Gasteiger partial charge in [0.1, 0.15) is 5.75 Å². The summed E-state index contributed by atoms with van der Waals surface area (Å²) in [6.45, 7) is 2.99. The number of aromatic amines is 1. The van der Waals surface area contributed by atoms with Crippen LogP contribution in [0, 0.1) is 35.4 Å². The predicted octanol–water partition coefficient (Wildman–Crippen LogP) is 3.44. The lowest BCUT2D eigenvalue weighted by Crippen LogP contribution is -2.18. The van der Waals surface area contributed by atoms with Crippen LogP contribution in [0.5, 0.6) is 11.5 Å². The molecule has 0 amide bonds. The molecule has 0 spiro atoms. The van der Waals surface area contributed by atoms with Gasteiger partial charge in [-0.2, -0.15) is 15.6 Å². The van der Waals surface area contributed by atoms with Crippen molar-refractivity contribution < 1.29 is 14.2 Å². The van der Waals surface area contributed by atoms with Gasteiger partial charge in [-0.3, -0.25) is 4.79 Å². The Morgan fingerprint density at radius 3 is 2.42 bits per heavy atom. The van der Waals surface area contributed by atoms with Crippen LogP contribution in [-0.2, 0) is 6.42 Å². The fourth-order valence-corrected chi connectivity index (χ4v) is 3.23. The lowest BCUT2D eigenvalue weighted by Gasteiger charge is -2.19. The highest BCUT2D eigenvalue weighted by atomic mass is 19.1. The van der Waals surface area contributed by atoms with E-state index in [1.54, 1.807) is 19.1 Å². The number of aliphatic hydroxyl groups is 1. The summed E-state index contributed by atoms with van der Waals surface area (Å²) < 4.78 is 21.4. The average molecular weight is 418 g/mol. The SMILES string of the molecule is CCc1ccc(C(CO)c2cc(C)c(=O)[nH]n2)c(F)c1Oc1cc(C#N)cc(C#N)c1. The smallest absolute Gasteiger partial charge is 0.267 e. The van der Waals surface area contributed by atoms with Crippen molar-refractivity contribution in [3.8, 4) is 23.6 Å². The quantitative estimate of drug-likeness (QED) is 0.632. The second-order valence-corrected chi connectivity index (χ2v) is 6.92. The van der Waals surface area contributed by atoms with Gasteiger partial charge >= 0.3 is 0 Å². The lowest BCUT2D eigenvalue weighted by atomic mass is 9.93. The van der Waals surface area contributed by atoms with E-state index < -0.39 is 18.3 Å². The number of halogens is 1. The Morgan fingerprint density at radius 1 is 1.19 bits per heavy atom. The van der Waals surface area contributed by atoms with Gasteiger partial charge in [-0.15, -0.1) is 0 Å². The molecule has 1 atom stereocenters. The molecular weight excluding hydrogens is 399 g/mol. The fraction of sp³-hybridized carbons (Fsp3) is 0.217. The molecule has 3 aromatic rings. The van der Waals surface area contributed by atoms with Crippen LogP contribution in [0.1, 0.15) is 46.4 Å². The fourth-order valence-electron chi connectivity index (χ4n) is 3.23. The maximum atomic E-state index is 15.6. The van der Waals surface area contributed by atoms with Gasteiger partial charge in [-0.25, -0.2) is 9.49 Å². The third-order valence-corrected chi connectivity index (χ3v) is 4.90. The second-order valence-electron chi connectivity index (χ2n) is 6.92. The monoisotopic (exact) mass is 418 g/mol. The number of H-pyrrole nitrogens is 1. The lowest BCUT2D eigenvalue weighted by molar-refractivity contribution is 0.275. The van der Waals surface area contributed by atoms with Gasteiger partial charge in [0.2, 0.25) is 0 Å². The molecule has 8 heteroatoms. The first kappa shape index (κ1) is 21.7. The highest BCUT2D eigenvalue weighted by Gasteiger charge is 2.24. The van der Waals surface area contributed by atoms with E-state index in [1.165, 1.54) is 24.3 Å². The number of aliphatic hydroxyl groups excluding tert-OH is 1. The van der Waals surface area contributed by atoms with Crippen molar-refractivity contribution >= 4 is 0 Å². The van der Waals surface area contributed by atoms with Gasteiger partial charge in [0.25, 0.3) is 5.56 Å². The third-order valence-electron chi connectivity index (χ3n) is 4.90. The number of ether oxygens (including phenoxy) is 1. The second kappa shape index (κ2) is 9.21. The zero-order chi connectivity index (χ0) is 22.5. The number of nitrogens with one attached hydrogen (secondary N) is 1. The molecule has 1 heterocycles. The van der Waals surface area contributed by atoms with Crippen molar-refractivity contribution in [3.05, 3.63) is 86.1 Å². The molecule has 31 heavy (non-hydrogen) atoms. The Hall–Kier alpha value is -4.01. The molecule has 7 nitrogen and oxygen atoms in total. The highest BCUT2D eigenvalue weighted by Crippen LogP contribution is 2.36. The molecule has 2 N–H and O–H groups in total. The van der Waals surface area contributed by atoms with E-state index >= 15 is 4.39 Å². The van der Waals surface area contributed by atoms with E-state index in [0.29, 0.717) is 23.2 Å². The number of aryl methyl sites for hydroxylation is 2. The van der Waals surface area contributed by atoms with Gasteiger partial charge in [-0.05, 0) is 43.2 Å². The van der Waals surface area contributed by atoms with Crippen LogP contribution in [0.4, 0.5) is 4.39 Å². The summed E-state index contributed by atoms with van der Waals surface area (Å²) in [6.07, 6.45) is 0.468. The van der Waals surface area contributed by atoms with Crippen LogP contribution < -0.4 is 10.3 Å². The van der Waals surface area contributed by atoms with Crippen LogP contribution in [0.3, 0.4) is 0 Å². The zero-order valence-corrected chi connectivity index (χ0v) is 16.9. The summed E-state index contributed by atoms with van der Waals surface area (Å²) in [6, 6.07) is 12.9. The topological polar surface area (TPSA) is 123 Å². The van der Waals surface area contributed by atoms with Crippen molar-refractivity contribution in [1.82, 2.24) is 10.2 Å². The zero-order valence-electron chi connectivity index (χ0n) is 16.9. The third kappa shape index (κ3) is 4.45. The Balaban J connectivity index is 2.11. The Morgan fingerprint density at radius 2 is 1.87 bits per heavy atom. The normalized spacial score (nSPS) is 11.4. The first-order valence-corrected chi connectivity index (χ1v) is 9.53. The minimum Gasteiger partial charge on any atom is -0.454 e. The molecule has 156 valence electrons. The van der Waals surface area contributed by atoms with E-state index in [4.69, 9.17) is 4.74 Å². The van der Waals surface area contributed by atoms with Gasteiger partial charge in [0.15, 0.2) is 11.6 Å². The number of hydrogen-bond acceptors (Lipinski definition) is 6. The minimum absolute atomic E-state index is 0.0569. The van der Waals surface area contributed by atoms with Gasteiger partial charge in [0, 0.05) is 11.1 Å². The molecular formula is C23H19FN4O3. The summed E-state index contributed by atoms with van der Waals surface area (Å²) in [4.78, 5) is 11.6. The molecule has 1 unspecified atom stereocenters. The van der Waals surface area contributed by atoms with Gasteiger partial charge in [-0.1, -0.05) is 19.1 Å². The number of aromatic nitrogens is 2. The number of nitrogens with zero attached hydrogens (tertiary/aromatic N) is 3. The van der Waals surface area contributed by atoms with Crippen molar-refractivity contribution in [2.75, 3.05) is 6.61 Å². The van der Waals surface area contributed by atoms with Crippen molar-refractivity contribution in [2.24, 2.45) is 0 Å². The van der Waals surface area contributed by atoms with Gasteiger partial charge < -0.3 is 9.84 Å². The van der Waals surface area contributed by atoms with Crippen LogP contribution in [-0.4, -0.2) is 21.9 Å². The molecule has 0 bridgehead atoms. The largest absolute Gasteiger partial charge is 0.454 e. The summed E-state index contributed by atoms with van der Waals surface area (Å²) in [5.74, 6) is -1.42. The Bertz CT molecular complexity index is 1240. The molecule has 0 radical (unpaired) electrons. The summed E-state index contributed by atoms with van der Waals surface area (Å²) >= 11 is 0. The van der Waals surface area contributed by atoms with E-state index in [0.717, 1.165) is 0 Å². The molecule has 3 rings (SSSR count). The van der Waals surface area contributed by atoms with Crippen LogP contribution in [0.25, 0.3) is 0 Å². The molecule has 1 aromatic heterocycles. The summed E-state index contributed by atoms with van der Waals surface area (Å²) in [7, 11) is 0. The molecule has 0 saturated heterocycles. The van der Waals surface area contributed by atoms with Crippen LogP contribution in [0.15, 0.2) is 41.2 Å². The highest BCUT2D eigenvalue weighted by molar-refractivity contribution is 5.49. The molecule has 0 aliphatic carbocycles. The summed E-state index contributed by atoms with van der Waals surface area (Å²) in [5.41, 5.74) is 1.48. The maximum Gasteiger partial charge on any atom is 0.267 e. The molecule has 2 aromatic carbocycles. The van der Waals surface area contributed by atoms with Crippen molar-refractivity contribution in [2.45, 2.75) is 26.2 Å². The van der Waals surface area contributed by atoms with E-state index in [2.05, 4.69) is 10.2 Å². The first-order chi connectivity index (χ1) is 14.9. The maximum absolute atomic E-state index is 15.6. The van der Waals surface area contributed by atoms with Crippen molar-refractivity contribution in [3.63, 3.8) is 0 Å². The minimum atomic E-state index is -0.830. The van der Waals surface area contributed by atoms with E-state index in [9.17, 15) is 20.4 Å². The van der Waals surface area contributed by atoms with Crippen LogP contribution in [0.2, 0.25) is 0 Å². The Kier molecular flexibility index (Phi) is 6.44. The number of hydrogen-bond donors (Lipinski definition) is 2. The number of benzene rings is 2. The van der Waals surface area contributed by atoms with Crippen LogP contribution >= 0.6 is 0 Å².